The monoisotopic (exact) mass is 395 g/mol. The minimum Gasteiger partial charge on any atom is -0.508 e. The second-order valence-electron chi connectivity index (χ2n) is 7.70. The maximum absolute atomic E-state index is 9.94. The van der Waals surface area contributed by atoms with Crippen molar-refractivity contribution in [2.75, 3.05) is 5.32 Å². The Morgan fingerprint density at radius 3 is 2.75 bits per heavy atom. The Hall–Kier alpha value is -2.60. The molecule has 1 spiro atoms. The Morgan fingerprint density at radius 1 is 1.14 bits per heavy atom. The normalized spacial score (nSPS) is 19.0. The van der Waals surface area contributed by atoms with Crippen molar-refractivity contribution in [1.82, 2.24) is 5.43 Å². The average Bonchev–Trinajstić information content (AvgIpc) is 2.67. The molecular formula is C22H25N3O2S. The number of fused-ring (bicyclic) bond motifs is 1. The van der Waals surface area contributed by atoms with Crippen LogP contribution >= 0.6 is 12.2 Å². The second-order valence-corrected chi connectivity index (χ2v) is 8.11. The summed E-state index contributed by atoms with van der Waals surface area (Å²) in [4.78, 5) is 0. The zero-order valence-corrected chi connectivity index (χ0v) is 16.8. The highest BCUT2D eigenvalue weighted by Crippen LogP contribution is 2.42. The molecule has 1 heterocycles. The minimum atomic E-state index is -0.200. The molecule has 1 aliphatic carbocycles. The van der Waals surface area contributed by atoms with Gasteiger partial charge in [-0.1, -0.05) is 18.6 Å². The molecule has 0 atom stereocenters. The molecule has 0 aromatic heterocycles. The number of aryl methyl sites for hydroxylation is 1. The first-order valence-corrected chi connectivity index (χ1v) is 10.2. The second kappa shape index (κ2) is 7.80. The van der Waals surface area contributed by atoms with E-state index in [2.05, 4.69) is 15.8 Å². The van der Waals surface area contributed by atoms with Gasteiger partial charge in [0, 0.05) is 17.7 Å². The molecule has 0 unspecified atom stereocenters. The number of anilines is 1. The van der Waals surface area contributed by atoms with Gasteiger partial charge in [0.15, 0.2) is 5.11 Å². The first-order valence-electron chi connectivity index (χ1n) is 9.76. The van der Waals surface area contributed by atoms with Crippen molar-refractivity contribution in [3.63, 3.8) is 0 Å². The van der Waals surface area contributed by atoms with Crippen LogP contribution in [0.1, 0.15) is 49.7 Å². The minimum absolute atomic E-state index is 0.200. The van der Waals surface area contributed by atoms with Crippen LogP contribution in [0.5, 0.6) is 11.5 Å². The number of phenolic OH excluding ortho intramolecular Hbond substituents is 1. The van der Waals surface area contributed by atoms with Crippen LogP contribution in [-0.2, 0) is 0 Å². The van der Waals surface area contributed by atoms with Gasteiger partial charge in [0.2, 0.25) is 0 Å². The zero-order chi connectivity index (χ0) is 19.6. The lowest BCUT2D eigenvalue weighted by atomic mass is 9.78. The Bertz CT molecular complexity index is 920. The van der Waals surface area contributed by atoms with E-state index in [9.17, 15) is 5.11 Å². The van der Waals surface area contributed by atoms with Gasteiger partial charge in [-0.25, -0.2) is 0 Å². The maximum Gasteiger partial charge on any atom is 0.191 e. The number of hydrazone groups is 1. The molecule has 6 heteroatoms. The molecule has 0 radical (unpaired) electrons. The van der Waals surface area contributed by atoms with Gasteiger partial charge in [-0.3, -0.25) is 5.43 Å². The Labute approximate surface area is 170 Å². The van der Waals surface area contributed by atoms with Crippen LogP contribution < -0.4 is 15.5 Å². The van der Waals surface area contributed by atoms with Crippen molar-refractivity contribution >= 4 is 28.7 Å². The van der Waals surface area contributed by atoms with E-state index in [0.717, 1.165) is 41.1 Å². The number of hydrogen-bond donors (Lipinski definition) is 3. The maximum atomic E-state index is 9.94. The molecular weight excluding hydrogens is 370 g/mol. The molecule has 0 amide bonds. The summed E-state index contributed by atoms with van der Waals surface area (Å²) in [6.45, 7) is 2.04. The average molecular weight is 396 g/mol. The van der Waals surface area contributed by atoms with Crippen LogP contribution in [0.2, 0.25) is 0 Å². The fourth-order valence-electron chi connectivity index (χ4n) is 4.08. The summed E-state index contributed by atoms with van der Waals surface area (Å²) in [5.41, 5.74) is 6.55. The van der Waals surface area contributed by atoms with E-state index in [1.54, 1.807) is 12.1 Å². The quantitative estimate of drug-likeness (QED) is 0.500. The largest absolute Gasteiger partial charge is 0.508 e. The van der Waals surface area contributed by atoms with Crippen LogP contribution in [-0.4, -0.2) is 21.5 Å². The number of nitrogens with one attached hydrogen (secondary N) is 2. The number of hydrogen-bond acceptors (Lipinski definition) is 4. The third-order valence-electron chi connectivity index (χ3n) is 5.42. The summed E-state index contributed by atoms with van der Waals surface area (Å²) < 4.78 is 6.39. The Morgan fingerprint density at radius 2 is 1.96 bits per heavy atom. The molecule has 5 nitrogen and oxygen atoms in total. The van der Waals surface area contributed by atoms with Crippen molar-refractivity contribution in [2.24, 2.45) is 5.10 Å². The van der Waals surface area contributed by atoms with E-state index in [0.29, 0.717) is 11.5 Å². The van der Waals surface area contributed by atoms with Crippen molar-refractivity contribution in [3.05, 3.63) is 53.6 Å². The van der Waals surface area contributed by atoms with Gasteiger partial charge in [0.1, 0.15) is 17.1 Å². The van der Waals surface area contributed by atoms with Gasteiger partial charge in [-0.15, -0.1) is 0 Å². The molecule has 0 saturated heterocycles. The van der Waals surface area contributed by atoms with Gasteiger partial charge in [-0.05, 0) is 80.7 Å². The standard InChI is InChI=1S/C22H25N3O2S/c1-15-6-5-7-16(12-15)23-21(28)25-24-19-14-22(10-3-2-4-11-22)27-20-9-8-17(26)13-18(19)20/h5-9,12-13,26H,2-4,10-11,14H2,1H3,(H2,23,25,28)/b24-19-. The number of aromatic hydroxyl groups is 1. The molecule has 4 rings (SSSR count). The number of phenols is 1. The molecule has 1 fully saturated rings. The molecule has 3 N–H and O–H groups in total. The molecule has 2 aromatic carbocycles. The smallest absolute Gasteiger partial charge is 0.191 e. The van der Waals surface area contributed by atoms with Gasteiger partial charge in [0.05, 0.1) is 5.71 Å². The Balaban J connectivity index is 1.56. The molecule has 28 heavy (non-hydrogen) atoms. The van der Waals surface area contributed by atoms with Crippen LogP contribution in [0, 0.1) is 6.92 Å². The summed E-state index contributed by atoms with van der Waals surface area (Å²) in [6, 6.07) is 13.2. The van der Waals surface area contributed by atoms with E-state index >= 15 is 0 Å². The van der Waals surface area contributed by atoms with Crippen molar-refractivity contribution in [3.8, 4) is 11.5 Å². The van der Waals surface area contributed by atoms with E-state index < -0.39 is 0 Å². The summed E-state index contributed by atoms with van der Waals surface area (Å²) in [6.07, 6.45) is 6.35. The molecule has 1 saturated carbocycles. The lowest BCUT2D eigenvalue weighted by molar-refractivity contribution is 0.0320. The van der Waals surface area contributed by atoms with Gasteiger partial charge in [0.25, 0.3) is 0 Å². The molecule has 2 aromatic rings. The highest BCUT2D eigenvalue weighted by atomic mass is 32.1. The predicted molar refractivity (Wildman–Crippen MR) is 116 cm³/mol. The third kappa shape index (κ3) is 4.12. The van der Waals surface area contributed by atoms with Crippen LogP contribution in [0.15, 0.2) is 47.6 Å². The first-order chi connectivity index (χ1) is 13.5. The Kier molecular flexibility index (Phi) is 5.22. The van der Waals surface area contributed by atoms with Gasteiger partial charge >= 0.3 is 0 Å². The molecule has 0 bridgehead atoms. The van der Waals surface area contributed by atoms with E-state index in [4.69, 9.17) is 17.0 Å². The highest BCUT2D eigenvalue weighted by Gasteiger charge is 2.40. The van der Waals surface area contributed by atoms with E-state index in [1.807, 2.05) is 37.3 Å². The van der Waals surface area contributed by atoms with E-state index in [1.165, 1.54) is 19.3 Å². The third-order valence-corrected chi connectivity index (χ3v) is 5.62. The number of ether oxygens (including phenoxy) is 1. The van der Waals surface area contributed by atoms with Gasteiger partial charge in [-0.2, -0.15) is 5.10 Å². The van der Waals surface area contributed by atoms with Gasteiger partial charge < -0.3 is 15.2 Å². The van der Waals surface area contributed by atoms with Crippen LogP contribution in [0.4, 0.5) is 5.69 Å². The summed E-state index contributed by atoms with van der Waals surface area (Å²) in [5.74, 6) is 0.985. The number of benzene rings is 2. The summed E-state index contributed by atoms with van der Waals surface area (Å²) in [5, 5.41) is 18.1. The number of nitrogens with zero attached hydrogens (tertiary/aromatic N) is 1. The van der Waals surface area contributed by atoms with Crippen molar-refractivity contribution < 1.29 is 9.84 Å². The van der Waals surface area contributed by atoms with E-state index in [-0.39, 0.29) is 11.4 Å². The van der Waals surface area contributed by atoms with Crippen molar-refractivity contribution in [2.45, 2.75) is 51.0 Å². The summed E-state index contributed by atoms with van der Waals surface area (Å²) >= 11 is 5.41. The predicted octanol–water partition coefficient (Wildman–Crippen LogP) is 4.88. The topological polar surface area (TPSA) is 65.9 Å². The number of rotatable bonds is 2. The van der Waals surface area contributed by atoms with Crippen molar-refractivity contribution in [1.29, 1.82) is 0 Å². The SMILES string of the molecule is Cc1cccc(NC(=S)N/N=C2/CC3(CCCCC3)Oc3ccc(O)cc32)c1. The lowest BCUT2D eigenvalue weighted by Crippen LogP contribution is -2.44. The fraction of sp³-hybridized carbons (Fsp3) is 0.364. The summed E-state index contributed by atoms with van der Waals surface area (Å²) in [7, 11) is 0. The lowest BCUT2D eigenvalue weighted by Gasteiger charge is -2.41. The zero-order valence-electron chi connectivity index (χ0n) is 16.0. The number of thiocarbonyl (C=S) groups is 1. The molecule has 2 aliphatic rings. The highest BCUT2D eigenvalue weighted by molar-refractivity contribution is 7.80. The fourth-order valence-corrected chi connectivity index (χ4v) is 4.24. The van der Waals surface area contributed by atoms with Crippen LogP contribution in [0.3, 0.4) is 0 Å². The van der Waals surface area contributed by atoms with Crippen LogP contribution in [0.25, 0.3) is 0 Å². The molecule has 146 valence electrons. The molecule has 1 aliphatic heterocycles. The first kappa shape index (κ1) is 18.7.